The average molecular weight is 312 g/mol. The van der Waals surface area contributed by atoms with Crippen LogP contribution in [-0.2, 0) is 14.4 Å². The molecule has 2 amide bonds. The molecule has 5 nitrogen and oxygen atoms in total. The number of para-hydroxylation sites is 2. The van der Waals surface area contributed by atoms with Crippen molar-refractivity contribution >= 4 is 23.2 Å². The van der Waals surface area contributed by atoms with Crippen molar-refractivity contribution in [1.29, 1.82) is 0 Å². The predicted molar refractivity (Wildman–Crippen MR) is 89.0 cm³/mol. The van der Waals surface area contributed by atoms with Gasteiger partial charge in [0, 0.05) is 17.9 Å². The number of amides is 2. The molecule has 0 aliphatic rings. The van der Waals surface area contributed by atoms with E-state index in [1.807, 2.05) is 36.4 Å². The zero-order valence-electron chi connectivity index (χ0n) is 13.3. The second kappa shape index (κ2) is 8.10. The van der Waals surface area contributed by atoms with E-state index < -0.39 is 11.8 Å². The van der Waals surface area contributed by atoms with Gasteiger partial charge in [-0.3, -0.25) is 19.3 Å². The number of benzene rings is 2. The van der Waals surface area contributed by atoms with Crippen molar-refractivity contribution in [2.45, 2.75) is 13.8 Å². The average Bonchev–Trinajstić information content (AvgIpc) is 2.61. The number of anilines is 2. The quantitative estimate of drug-likeness (QED) is 0.629. The van der Waals surface area contributed by atoms with Crippen LogP contribution in [0.25, 0.3) is 0 Å². The fourth-order valence-electron chi connectivity index (χ4n) is 2.19. The molecule has 0 aliphatic carbocycles. The second-order valence-electron chi connectivity index (χ2n) is 4.73. The lowest BCUT2D eigenvalue weighted by molar-refractivity contribution is -0.185. The van der Waals surface area contributed by atoms with Crippen molar-refractivity contribution in [3.05, 3.63) is 60.7 Å². The first-order chi connectivity index (χ1) is 11.2. The van der Waals surface area contributed by atoms with E-state index >= 15 is 0 Å². The van der Waals surface area contributed by atoms with Crippen molar-refractivity contribution in [2.75, 3.05) is 18.1 Å². The molecule has 0 spiro atoms. The van der Waals surface area contributed by atoms with Crippen molar-refractivity contribution < 1.29 is 14.4 Å². The molecule has 2 aromatic carbocycles. The molecule has 0 saturated heterocycles. The summed E-state index contributed by atoms with van der Waals surface area (Å²) in [4.78, 5) is 31.9. The Morgan fingerprint density at radius 3 is 1.70 bits per heavy atom. The van der Waals surface area contributed by atoms with Gasteiger partial charge in [-0.1, -0.05) is 36.4 Å². The zero-order chi connectivity index (χ0) is 16.7. The Morgan fingerprint density at radius 1 is 0.826 bits per heavy atom. The molecule has 0 bridgehead atoms. The summed E-state index contributed by atoms with van der Waals surface area (Å²) in [5, 5.41) is 1.08. The maximum Gasteiger partial charge on any atom is 0.336 e. The largest absolute Gasteiger partial charge is 0.336 e. The van der Waals surface area contributed by atoms with Crippen molar-refractivity contribution in [3.8, 4) is 0 Å². The lowest BCUT2D eigenvalue weighted by Crippen LogP contribution is -2.43. The molecule has 0 atom stereocenters. The highest BCUT2D eigenvalue weighted by molar-refractivity contribution is 6.41. The number of hydrogen-bond donors (Lipinski definition) is 0. The minimum absolute atomic E-state index is 0.301. The molecule has 23 heavy (non-hydrogen) atoms. The first kappa shape index (κ1) is 16.7. The third-order valence-corrected chi connectivity index (χ3v) is 3.21. The highest BCUT2D eigenvalue weighted by Gasteiger charge is 2.29. The van der Waals surface area contributed by atoms with Crippen molar-refractivity contribution in [3.63, 3.8) is 0 Å². The third-order valence-electron chi connectivity index (χ3n) is 3.21. The zero-order valence-corrected chi connectivity index (χ0v) is 13.3. The predicted octanol–water partition coefficient (Wildman–Crippen LogP) is 3.15. The van der Waals surface area contributed by atoms with Crippen LogP contribution in [-0.4, -0.2) is 30.0 Å². The lowest BCUT2D eigenvalue weighted by atomic mass is 10.2. The van der Waals surface area contributed by atoms with Crippen LogP contribution in [0, 0.1) is 0 Å². The molecule has 0 N–H and O–H groups in total. The summed E-state index contributed by atoms with van der Waals surface area (Å²) in [5.41, 5.74) is 1.26. The highest BCUT2D eigenvalue weighted by atomic mass is 16.7. The fraction of sp³-hybridized carbons (Fsp3) is 0.222. The van der Waals surface area contributed by atoms with Gasteiger partial charge in [0.05, 0.1) is 6.61 Å². The topological polar surface area (TPSA) is 49.9 Å². The molecule has 0 saturated carbocycles. The number of hydrogen-bond acceptors (Lipinski definition) is 3. The van der Waals surface area contributed by atoms with Crippen LogP contribution in [0.5, 0.6) is 0 Å². The molecule has 0 aromatic heterocycles. The van der Waals surface area contributed by atoms with E-state index in [-0.39, 0.29) is 0 Å². The molecule has 5 heteroatoms. The highest BCUT2D eigenvalue weighted by Crippen LogP contribution is 2.25. The number of carbonyl (C=O) groups excluding carboxylic acids is 2. The Kier molecular flexibility index (Phi) is 5.88. The number of likely N-dealkylation sites (N-methyl/N-ethyl adjacent to an activating group) is 1. The number of hydroxylamine groups is 2. The first-order valence-corrected chi connectivity index (χ1v) is 7.58. The second-order valence-corrected chi connectivity index (χ2v) is 4.73. The van der Waals surface area contributed by atoms with E-state index in [1.165, 1.54) is 4.90 Å². The Hall–Kier alpha value is -2.66. The van der Waals surface area contributed by atoms with Gasteiger partial charge in [0.2, 0.25) is 0 Å². The molecule has 0 aliphatic heterocycles. The number of nitrogens with zero attached hydrogens (tertiary/aromatic N) is 2. The third kappa shape index (κ3) is 3.96. The van der Waals surface area contributed by atoms with Gasteiger partial charge in [-0.15, -0.1) is 0 Å². The standard InChI is InChI=1S/C18H20N2O3/c1-3-19(23-4-2)17(21)18(22)20(15-11-7-5-8-12-15)16-13-9-6-10-14-16/h5-14H,3-4H2,1-2H3. The van der Waals surface area contributed by atoms with Crippen molar-refractivity contribution in [1.82, 2.24) is 5.06 Å². The number of carbonyl (C=O) groups is 2. The van der Waals surface area contributed by atoms with Crippen LogP contribution in [0.2, 0.25) is 0 Å². The molecule has 0 heterocycles. The smallest absolute Gasteiger partial charge is 0.273 e. The van der Waals surface area contributed by atoms with Crippen LogP contribution in [0.15, 0.2) is 60.7 Å². The Bertz CT molecular complexity index is 604. The van der Waals surface area contributed by atoms with Gasteiger partial charge >= 0.3 is 11.8 Å². The maximum atomic E-state index is 12.8. The van der Waals surface area contributed by atoms with Gasteiger partial charge in [0.15, 0.2) is 0 Å². The van der Waals surface area contributed by atoms with Gasteiger partial charge in [0.1, 0.15) is 0 Å². The van der Waals surface area contributed by atoms with Gasteiger partial charge in [-0.05, 0) is 38.1 Å². The van der Waals surface area contributed by atoms with E-state index in [0.29, 0.717) is 24.5 Å². The van der Waals surface area contributed by atoms with Crippen LogP contribution in [0.3, 0.4) is 0 Å². The maximum absolute atomic E-state index is 12.8. The summed E-state index contributed by atoms with van der Waals surface area (Å²) in [6, 6.07) is 18.2. The van der Waals surface area contributed by atoms with Gasteiger partial charge in [0.25, 0.3) is 0 Å². The minimum atomic E-state index is -0.693. The van der Waals surface area contributed by atoms with Gasteiger partial charge in [-0.25, -0.2) is 5.06 Å². The van der Waals surface area contributed by atoms with E-state index in [0.717, 1.165) is 5.06 Å². The summed E-state index contributed by atoms with van der Waals surface area (Å²) in [6.45, 7) is 4.15. The summed E-state index contributed by atoms with van der Waals surface area (Å²) in [7, 11) is 0. The van der Waals surface area contributed by atoms with E-state index in [2.05, 4.69) is 0 Å². The summed E-state index contributed by atoms with van der Waals surface area (Å²) in [5.74, 6) is -1.35. The first-order valence-electron chi connectivity index (χ1n) is 7.58. The molecule has 120 valence electrons. The van der Waals surface area contributed by atoms with Gasteiger partial charge < -0.3 is 0 Å². The molecular formula is C18H20N2O3. The number of rotatable bonds is 5. The molecule has 2 rings (SSSR count). The van der Waals surface area contributed by atoms with Crippen LogP contribution in [0.4, 0.5) is 11.4 Å². The molecule has 2 aromatic rings. The SMILES string of the molecule is CCON(CC)C(=O)C(=O)N(c1ccccc1)c1ccccc1. The van der Waals surface area contributed by atoms with E-state index in [1.54, 1.807) is 38.1 Å². The molecule has 0 radical (unpaired) electrons. The lowest BCUT2D eigenvalue weighted by Gasteiger charge is -2.25. The monoisotopic (exact) mass is 312 g/mol. The van der Waals surface area contributed by atoms with E-state index in [4.69, 9.17) is 4.84 Å². The molecule has 0 fully saturated rings. The van der Waals surface area contributed by atoms with Crippen LogP contribution < -0.4 is 4.90 Å². The Morgan fingerprint density at radius 2 is 1.30 bits per heavy atom. The minimum Gasteiger partial charge on any atom is -0.273 e. The summed E-state index contributed by atoms with van der Waals surface area (Å²) >= 11 is 0. The normalized spacial score (nSPS) is 10.2. The Balaban J connectivity index is 2.38. The van der Waals surface area contributed by atoms with Crippen LogP contribution in [0.1, 0.15) is 13.8 Å². The van der Waals surface area contributed by atoms with Crippen LogP contribution >= 0.6 is 0 Å². The fourth-order valence-corrected chi connectivity index (χ4v) is 2.19. The van der Waals surface area contributed by atoms with Crippen molar-refractivity contribution in [2.24, 2.45) is 0 Å². The van der Waals surface area contributed by atoms with E-state index in [9.17, 15) is 9.59 Å². The van der Waals surface area contributed by atoms with Gasteiger partial charge in [-0.2, -0.15) is 0 Å². The summed E-state index contributed by atoms with van der Waals surface area (Å²) in [6.07, 6.45) is 0. The molecule has 0 unspecified atom stereocenters. The summed E-state index contributed by atoms with van der Waals surface area (Å²) < 4.78 is 0. The Labute approximate surface area is 136 Å². The molecular weight excluding hydrogens is 292 g/mol.